The smallest absolute Gasteiger partial charge is 0.0480 e. The van der Waals surface area contributed by atoms with Crippen molar-refractivity contribution in [2.45, 2.75) is 38.8 Å². The molecular formula is C9H22N2O. The van der Waals surface area contributed by atoms with Gasteiger partial charge in [-0.1, -0.05) is 13.8 Å². The molecule has 3 nitrogen and oxygen atoms in total. The summed E-state index contributed by atoms with van der Waals surface area (Å²) in [4.78, 5) is 0. The summed E-state index contributed by atoms with van der Waals surface area (Å²) in [5, 5.41) is 3.44. The number of rotatable bonds is 6. The fourth-order valence-corrected chi connectivity index (χ4v) is 1.26. The number of ether oxygens (including phenoxy) is 1. The summed E-state index contributed by atoms with van der Waals surface area (Å²) >= 11 is 0. The van der Waals surface area contributed by atoms with Gasteiger partial charge in [-0.05, 0) is 13.3 Å². The Hall–Kier alpha value is -0.120. The van der Waals surface area contributed by atoms with Gasteiger partial charge in [-0.2, -0.15) is 0 Å². The van der Waals surface area contributed by atoms with Crippen LogP contribution in [-0.4, -0.2) is 31.8 Å². The first-order valence-electron chi connectivity index (χ1n) is 4.51. The van der Waals surface area contributed by atoms with Gasteiger partial charge in [0.15, 0.2) is 0 Å². The monoisotopic (exact) mass is 174 g/mol. The van der Waals surface area contributed by atoms with Gasteiger partial charge in [-0.25, -0.2) is 0 Å². The Bertz CT molecular complexity index is 117. The summed E-state index contributed by atoms with van der Waals surface area (Å²) in [5.41, 5.74) is 5.70. The lowest BCUT2D eigenvalue weighted by Gasteiger charge is -2.31. The largest absolute Gasteiger partial charge is 0.385 e. The number of hydrogen-bond donors (Lipinski definition) is 2. The third-order valence-electron chi connectivity index (χ3n) is 1.95. The molecule has 0 bridgehead atoms. The van der Waals surface area contributed by atoms with Gasteiger partial charge in [0.25, 0.3) is 0 Å². The second-order valence-corrected chi connectivity index (χ2v) is 3.81. The minimum atomic E-state index is 0.0180. The molecule has 0 amide bonds. The van der Waals surface area contributed by atoms with Gasteiger partial charge in [0.2, 0.25) is 0 Å². The summed E-state index contributed by atoms with van der Waals surface area (Å²) in [6, 6.07) is 0.468. The van der Waals surface area contributed by atoms with Crippen molar-refractivity contribution >= 4 is 0 Å². The van der Waals surface area contributed by atoms with Gasteiger partial charge < -0.3 is 15.8 Å². The van der Waals surface area contributed by atoms with E-state index in [1.165, 1.54) is 0 Å². The first-order valence-corrected chi connectivity index (χ1v) is 4.51. The number of hydrogen-bond acceptors (Lipinski definition) is 3. The van der Waals surface area contributed by atoms with Crippen LogP contribution in [0.2, 0.25) is 0 Å². The Morgan fingerprint density at radius 2 is 2.08 bits per heavy atom. The Labute approximate surface area is 75.7 Å². The van der Waals surface area contributed by atoms with Crippen molar-refractivity contribution < 1.29 is 4.74 Å². The summed E-state index contributed by atoms with van der Waals surface area (Å²) in [6.45, 7) is 7.79. The zero-order chi connectivity index (χ0) is 9.61. The molecule has 0 radical (unpaired) electrons. The van der Waals surface area contributed by atoms with Gasteiger partial charge >= 0.3 is 0 Å². The van der Waals surface area contributed by atoms with Crippen LogP contribution in [-0.2, 0) is 4.74 Å². The molecule has 0 fully saturated rings. The zero-order valence-electron chi connectivity index (χ0n) is 8.68. The quantitative estimate of drug-likeness (QED) is 0.624. The third kappa shape index (κ3) is 4.70. The van der Waals surface area contributed by atoms with Crippen LogP contribution in [0.1, 0.15) is 27.2 Å². The summed E-state index contributed by atoms with van der Waals surface area (Å²) in [7, 11) is 1.71. The van der Waals surface area contributed by atoms with Crippen molar-refractivity contribution in [3.05, 3.63) is 0 Å². The van der Waals surface area contributed by atoms with Gasteiger partial charge in [0.05, 0.1) is 0 Å². The molecule has 0 spiro atoms. The minimum Gasteiger partial charge on any atom is -0.385 e. The number of nitrogens with two attached hydrogens (primary N) is 1. The topological polar surface area (TPSA) is 47.3 Å². The molecule has 0 aromatic rings. The van der Waals surface area contributed by atoms with E-state index in [9.17, 15) is 0 Å². The molecule has 0 saturated heterocycles. The molecule has 74 valence electrons. The Kier molecular flexibility index (Phi) is 5.46. The maximum Gasteiger partial charge on any atom is 0.0480 e. The highest BCUT2D eigenvalue weighted by molar-refractivity contribution is 4.85. The first-order chi connectivity index (χ1) is 5.54. The van der Waals surface area contributed by atoms with E-state index in [2.05, 4.69) is 26.1 Å². The van der Waals surface area contributed by atoms with Crippen molar-refractivity contribution in [3.63, 3.8) is 0 Å². The molecule has 0 aliphatic carbocycles. The maximum atomic E-state index is 5.68. The second kappa shape index (κ2) is 5.51. The summed E-state index contributed by atoms with van der Waals surface area (Å²) in [5.74, 6) is 0. The van der Waals surface area contributed by atoms with E-state index in [1.807, 2.05) is 0 Å². The van der Waals surface area contributed by atoms with E-state index >= 15 is 0 Å². The Balaban J connectivity index is 3.86. The highest BCUT2D eigenvalue weighted by Crippen LogP contribution is 2.08. The van der Waals surface area contributed by atoms with Crippen LogP contribution < -0.4 is 11.1 Å². The van der Waals surface area contributed by atoms with Gasteiger partial charge in [0, 0.05) is 31.8 Å². The SMILES string of the molecule is COCCC(C)(CN)NC(C)C. The molecule has 3 heteroatoms. The van der Waals surface area contributed by atoms with E-state index in [4.69, 9.17) is 10.5 Å². The minimum absolute atomic E-state index is 0.0180. The van der Waals surface area contributed by atoms with E-state index in [1.54, 1.807) is 7.11 Å². The molecule has 0 aliphatic heterocycles. The van der Waals surface area contributed by atoms with Gasteiger partial charge in [-0.15, -0.1) is 0 Å². The predicted octanol–water partition coefficient (Wildman–Crippen LogP) is 0.738. The molecule has 0 rings (SSSR count). The maximum absolute atomic E-state index is 5.68. The van der Waals surface area contributed by atoms with E-state index in [-0.39, 0.29) is 5.54 Å². The predicted molar refractivity (Wildman–Crippen MR) is 52.2 cm³/mol. The summed E-state index contributed by atoms with van der Waals surface area (Å²) in [6.07, 6.45) is 0.957. The van der Waals surface area contributed by atoms with Crippen LogP contribution in [0.4, 0.5) is 0 Å². The van der Waals surface area contributed by atoms with Crippen LogP contribution in [0.25, 0.3) is 0 Å². The third-order valence-corrected chi connectivity index (χ3v) is 1.95. The normalized spacial score (nSPS) is 16.5. The highest BCUT2D eigenvalue weighted by atomic mass is 16.5. The van der Waals surface area contributed by atoms with Crippen molar-refractivity contribution in [2.24, 2.45) is 5.73 Å². The fraction of sp³-hybridized carbons (Fsp3) is 1.00. The molecule has 0 heterocycles. The molecule has 12 heavy (non-hydrogen) atoms. The number of nitrogens with one attached hydrogen (secondary N) is 1. The molecule has 0 aliphatic rings. The van der Waals surface area contributed by atoms with Crippen molar-refractivity contribution in [1.29, 1.82) is 0 Å². The van der Waals surface area contributed by atoms with Crippen LogP contribution in [0.3, 0.4) is 0 Å². The Morgan fingerprint density at radius 3 is 2.42 bits per heavy atom. The Morgan fingerprint density at radius 1 is 1.50 bits per heavy atom. The van der Waals surface area contributed by atoms with Gasteiger partial charge in [0.1, 0.15) is 0 Å². The average Bonchev–Trinajstić information content (AvgIpc) is 2.00. The number of methoxy groups -OCH3 is 1. The van der Waals surface area contributed by atoms with E-state index in [0.29, 0.717) is 12.6 Å². The first kappa shape index (κ1) is 11.9. The van der Waals surface area contributed by atoms with Crippen molar-refractivity contribution in [1.82, 2.24) is 5.32 Å². The van der Waals surface area contributed by atoms with E-state index in [0.717, 1.165) is 13.0 Å². The highest BCUT2D eigenvalue weighted by Gasteiger charge is 2.21. The fourth-order valence-electron chi connectivity index (χ4n) is 1.26. The van der Waals surface area contributed by atoms with Crippen LogP contribution in [0.5, 0.6) is 0 Å². The van der Waals surface area contributed by atoms with Gasteiger partial charge in [-0.3, -0.25) is 0 Å². The molecular weight excluding hydrogens is 152 g/mol. The second-order valence-electron chi connectivity index (χ2n) is 3.81. The molecule has 0 saturated carbocycles. The molecule has 0 aromatic heterocycles. The molecule has 0 aromatic carbocycles. The standard InChI is InChI=1S/C9H22N2O/c1-8(2)11-9(3,7-10)5-6-12-4/h8,11H,5-7,10H2,1-4H3. The lowest BCUT2D eigenvalue weighted by atomic mass is 9.97. The lowest BCUT2D eigenvalue weighted by Crippen LogP contribution is -2.52. The average molecular weight is 174 g/mol. The van der Waals surface area contributed by atoms with Crippen molar-refractivity contribution in [3.8, 4) is 0 Å². The van der Waals surface area contributed by atoms with Crippen LogP contribution >= 0.6 is 0 Å². The van der Waals surface area contributed by atoms with Crippen LogP contribution in [0, 0.1) is 0 Å². The lowest BCUT2D eigenvalue weighted by molar-refractivity contribution is 0.158. The molecule has 3 N–H and O–H groups in total. The molecule has 1 unspecified atom stereocenters. The van der Waals surface area contributed by atoms with Crippen molar-refractivity contribution in [2.75, 3.05) is 20.3 Å². The summed E-state index contributed by atoms with van der Waals surface area (Å²) < 4.78 is 5.03. The van der Waals surface area contributed by atoms with Crippen LogP contribution in [0.15, 0.2) is 0 Å². The zero-order valence-corrected chi connectivity index (χ0v) is 8.68. The van der Waals surface area contributed by atoms with E-state index < -0.39 is 0 Å². The molecule has 1 atom stereocenters.